The number of hydrogen-bond donors (Lipinski definition) is 0. The molecule has 0 aromatic heterocycles. The third-order valence-corrected chi connectivity index (χ3v) is 25.4. The van der Waals surface area contributed by atoms with E-state index in [-0.39, 0.29) is 156 Å². The first kappa shape index (κ1) is 96.9. The summed E-state index contributed by atoms with van der Waals surface area (Å²) < 4.78 is 24.0. The van der Waals surface area contributed by atoms with Crippen molar-refractivity contribution >= 4 is 47.0 Å². The van der Waals surface area contributed by atoms with Gasteiger partial charge in [0.05, 0.1) is 85.3 Å². The summed E-state index contributed by atoms with van der Waals surface area (Å²) in [5.74, 6) is -1.38. The first-order chi connectivity index (χ1) is 48.0. The maximum atomic E-state index is 14.1. The molecule has 103 heavy (non-hydrogen) atoms. The van der Waals surface area contributed by atoms with Gasteiger partial charge in [0.2, 0.25) is 35.4 Å². The highest BCUT2D eigenvalue weighted by Gasteiger charge is 2.47. The average Bonchev–Trinajstić information content (AvgIpc) is 1.78. The number of hydrogen-bond acceptors (Lipinski definition) is 14. The molecule has 2 aliphatic heterocycles. The zero-order chi connectivity index (χ0) is 79.6. The second-order valence-corrected chi connectivity index (χ2v) is 33.7. The molecule has 0 radical (unpaired) electrons. The van der Waals surface area contributed by atoms with Crippen molar-refractivity contribution < 1.29 is 57.3 Å². The van der Waals surface area contributed by atoms with Crippen molar-refractivity contribution in [2.45, 2.75) is 328 Å². The number of likely N-dealkylation sites (tertiary alicyclic amines) is 2. The Hall–Kier alpha value is -4.08. The van der Waals surface area contributed by atoms with Gasteiger partial charge in [-0.2, -0.15) is 0 Å². The molecule has 0 saturated carbocycles. The molecular formula is C83H158N8O12. The summed E-state index contributed by atoms with van der Waals surface area (Å²) >= 11 is 0. The third-order valence-electron chi connectivity index (χ3n) is 25.4. The van der Waals surface area contributed by atoms with Crippen molar-refractivity contribution in [2.24, 2.45) is 64.1 Å². The van der Waals surface area contributed by atoms with E-state index in [1.54, 1.807) is 62.1 Å². The van der Waals surface area contributed by atoms with Gasteiger partial charge in [-0.05, 0) is 126 Å². The summed E-state index contributed by atoms with van der Waals surface area (Å²) in [6.45, 7) is 50.7. The van der Waals surface area contributed by atoms with Gasteiger partial charge in [0.25, 0.3) is 0 Å². The average molecular weight is 1460 g/mol. The van der Waals surface area contributed by atoms with Crippen LogP contribution in [0.3, 0.4) is 0 Å². The van der Waals surface area contributed by atoms with Crippen LogP contribution in [-0.2, 0) is 57.3 Å². The van der Waals surface area contributed by atoms with E-state index in [1.807, 2.05) is 72.6 Å². The lowest BCUT2D eigenvalue weighted by Crippen LogP contribution is -2.54. The van der Waals surface area contributed by atoms with Crippen LogP contribution in [0.5, 0.6) is 0 Å². The highest BCUT2D eigenvalue weighted by Crippen LogP contribution is 2.36. The van der Waals surface area contributed by atoms with Crippen LogP contribution >= 0.6 is 0 Å². The van der Waals surface area contributed by atoms with E-state index < -0.39 is 48.1 Å². The molecule has 20 heteroatoms. The topological polar surface area (TPSA) is 199 Å². The summed E-state index contributed by atoms with van der Waals surface area (Å²) in [5, 5.41) is 0. The van der Waals surface area contributed by atoms with Gasteiger partial charge in [-0.25, -0.2) is 0 Å². The number of Topliss-reactive ketones (excluding diaryl/α,β-unsaturated/α-hetero) is 2. The molecule has 0 aromatic rings. The maximum Gasteiger partial charge on any atom is 0.228 e. The Bertz CT molecular complexity index is 2560. The van der Waals surface area contributed by atoms with Gasteiger partial charge >= 0.3 is 0 Å². The molecule has 0 aromatic carbocycles. The predicted octanol–water partition coefficient (Wildman–Crippen LogP) is 13.3. The molecule has 2 fully saturated rings. The normalized spacial score (nSPS) is 20.0. The molecule has 18 atom stereocenters. The van der Waals surface area contributed by atoms with E-state index in [0.717, 1.165) is 83.7 Å². The predicted molar refractivity (Wildman–Crippen MR) is 419 cm³/mol. The van der Waals surface area contributed by atoms with E-state index in [0.29, 0.717) is 19.0 Å². The lowest BCUT2D eigenvalue weighted by molar-refractivity contribution is -0.149. The molecule has 2 saturated heterocycles. The molecule has 2 aliphatic rings. The summed E-state index contributed by atoms with van der Waals surface area (Å²) in [7, 11) is 17.8. The monoisotopic (exact) mass is 1460 g/mol. The van der Waals surface area contributed by atoms with Gasteiger partial charge in [-0.3, -0.25) is 48.2 Å². The lowest BCUT2D eigenvalue weighted by atomic mass is 9.82. The van der Waals surface area contributed by atoms with Crippen molar-refractivity contribution in [3.05, 3.63) is 0 Å². The maximum absolute atomic E-state index is 14.1. The SMILES string of the molecule is CC[C@@H](C)N(C)C(=O)[C@H](C)[C@@H](OC)[C@@H]1CCCN1C(=O)C[C@@H](OC)[C@H]([C@@H](C)CC)N(C)C(=O)[C@H](C)CC(=O)[C@H](C(C)C)N(C)CC(C)(CC)CC.CC[C@H](C)[C@@H]([C@@H](CC(=O)N1CCC[C@H]1[C@H](OC)[C@@H](C)C(=O)N(C)[C@H](C)C(C)C)OC)N(C)C(=O)[C@H](C)CC(=O)[C@H](C(C)C)N(C)CC(C)(CC)CC. The molecule has 0 bridgehead atoms. The van der Waals surface area contributed by atoms with Crippen LogP contribution in [-0.4, -0.2) is 256 Å². The molecule has 0 unspecified atom stereocenters. The van der Waals surface area contributed by atoms with Crippen LogP contribution < -0.4 is 0 Å². The molecule has 20 nitrogen and oxygen atoms in total. The molecule has 0 spiro atoms. The highest BCUT2D eigenvalue weighted by molar-refractivity contribution is 5.91. The first-order valence-corrected chi connectivity index (χ1v) is 40.2. The smallest absolute Gasteiger partial charge is 0.228 e. The summed E-state index contributed by atoms with van der Waals surface area (Å²) in [6.07, 6.45) is 8.30. The van der Waals surface area contributed by atoms with E-state index in [4.69, 9.17) is 18.9 Å². The lowest BCUT2D eigenvalue weighted by Gasteiger charge is -2.40. The number of rotatable bonds is 46. The quantitative estimate of drug-likeness (QED) is 0.0557. The number of ether oxygens (including phenoxy) is 4. The Kier molecular flexibility index (Phi) is 43.0. The minimum Gasteiger partial charge on any atom is -0.379 e. The summed E-state index contributed by atoms with van der Waals surface area (Å²) in [6, 6.07) is -1.54. The highest BCUT2D eigenvalue weighted by atomic mass is 16.5. The summed E-state index contributed by atoms with van der Waals surface area (Å²) in [4.78, 5) is 126. The summed E-state index contributed by atoms with van der Waals surface area (Å²) in [5.41, 5.74) is 0.247. The Balaban J connectivity index is 0.00000103. The molecule has 2 heterocycles. The van der Waals surface area contributed by atoms with Crippen molar-refractivity contribution in [3.8, 4) is 0 Å². The Morgan fingerprint density at radius 3 is 1.00 bits per heavy atom. The van der Waals surface area contributed by atoms with Crippen LogP contribution in [0.25, 0.3) is 0 Å². The third kappa shape index (κ3) is 26.6. The molecule has 6 amide bonds. The van der Waals surface area contributed by atoms with Gasteiger partial charge in [0.1, 0.15) is 0 Å². The number of nitrogens with zero attached hydrogens (tertiary/aromatic N) is 8. The van der Waals surface area contributed by atoms with E-state index in [9.17, 15) is 38.4 Å². The van der Waals surface area contributed by atoms with Gasteiger partial charge in [-0.15, -0.1) is 0 Å². The minimum atomic E-state index is -0.547. The number of carbonyl (C=O) groups is 8. The fraction of sp³-hybridized carbons (Fsp3) is 0.904. The molecule has 0 aliphatic carbocycles. The van der Waals surface area contributed by atoms with Crippen LogP contribution in [0.4, 0.5) is 0 Å². The second kappa shape index (κ2) is 45.7. The minimum absolute atomic E-state index is 0.0124. The zero-order valence-electron chi connectivity index (χ0n) is 72.0. The van der Waals surface area contributed by atoms with Crippen molar-refractivity contribution in [3.63, 3.8) is 0 Å². The molecule has 602 valence electrons. The molecular weight excluding hydrogens is 1300 g/mol. The number of amides is 6. The fourth-order valence-corrected chi connectivity index (χ4v) is 16.7. The number of likely N-dealkylation sites (N-methyl/N-ethyl adjacent to an activating group) is 4. The number of carbonyl (C=O) groups excluding carboxylic acids is 8. The van der Waals surface area contributed by atoms with Crippen molar-refractivity contribution in [2.75, 3.05) is 96.9 Å². The van der Waals surface area contributed by atoms with E-state index in [1.165, 1.54) is 0 Å². The van der Waals surface area contributed by atoms with Gasteiger partial charge < -0.3 is 48.3 Å². The Morgan fingerprint density at radius 2 is 0.738 bits per heavy atom. The fourth-order valence-electron chi connectivity index (χ4n) is 16.7. The Morgan fingerprint density at radius 1 is 0.417 bits per heavy atom. The Labute approximate surface area is 629 Å². The van der Waals surface area contributed by atoms with E-state index in [2.05, 4.69) is 134 Å². The van der Waals surface area contributed by atoms with Crippen molar-refractivity contribution in [1.82, 2.24) is 39.2 Å². The largest absolute Gasteiger partial charge is 0.379 e. The van der Waals surface area contributed by atoms with Gasteiger partial charge in [0.15, 0.2) is 11.6 Å². The van der Waals surface area contributed by atoms with Crippen molar-refractivity contribution in [1.29, 1.82) is 0 Å². The zero-order valence-corrected chi connectivity index (χ0v) is 72.0. The molecule has 0 N–H and O–H groups in total. The van der Waals surface area contributed by atoms with Crippen LogP contribution in [0.1, 0.15) is 256 Å². The van der Waals surface area contributed by atoms with E-state index >= 15 is 0 Å². The second-order valence-electron chi connectivity index (χ2n) is 33.7. The van der Waals surface area contributed by atoms with Gasteiger partial charge in [-0.1, -0.05) is 158 Å². The van der Waals surface area contributed by atoms with Crippen LogP contribution in [0.2, 0.25) is 0 Å². The van der Waals surface area contributed by atoms with Gasteiger partial charge in [0, 0.05) is 120 Å². The molecule has 2 rings (SSSR count). The van der Waals surface area contributed by atoms with Crippen LogP contribution in [0.15, 0.2) is 0 Å². The van der Waals surface area contributed by atoms with Crippen LogP contribution in [0, 0.1) is 64.1 Å². The standard InChI is InChI=1S/C42H80N4O6.C41H78N4O6/c1-18-29(8)38(45(15)40(49)30(9)24-34(47)37(28(6)7)43(13)26-42(12,19-2)20-3)35(51-16)25-36(48)46-23-21-22-33(46)39(52-17)31(10)41(50)44(14)32(11)27(4)5;1-17-28(7)37(44(14)39(48)29(8)24-33(46)36(27(5)6)42(12)26-41(11,19-3)20-4)34(50-15)25-35(47)45-23-21-22-32(45)38(51-16)31(10)40(49)43(13)30(9)18-2/h27-33,35,37-39H,18-26H2,1-17H3;27-32,34,36-38H,17-26H2,1-16H3/t29-,30+,31+,32+,33-,35+,37-,38-,39+;28-,29+,30+,31+,32-,34+,36-,37-,38+/m00/s1. The first-order valence-electron chi connectivity index (χ1n) is 40.2. The number of ketones is 2. The number of methoxy groups -OCH3 is 4.